The molecule has 0 fully saturated rings. The van der Waals surface area contributed by atoms with E-state index in [-0.39, 0.29) is 23.6 Å². The maximum atomic E-state index is 12.5. The summed E-state index contributed by atoms with van der Waals surface area (Å²) >= 11 is 0. The molecule has 0 radical (unpaired) electrons. The van der Waals surface area contributed by atoms with Gasteiger partial charge < -0.3 is 74.4 Å². The van der Waals surface area contributed by atoms with Crippen molar-refractivity contribution in [1.82, 2.24) is 10.6 Å². The number of amides is 4. The number of hydrogen-bond donors (Lipinski definition) is 4. The number of carbonyl (C=O) groups is 4. The summed E-state index contributed by atoms with van der Waals surface area (Å²) in [6.45, 7) is 31.9. The molecular weight excluding hydrogens is 1290 g/mol. The highest BCUT2D eigenvalue weighted by molar-refractivity contribution is 6.75. The maximum absolute atomic E-state index is 12.5. The van der Waals surface area contributed by atoms with Gasteiger partial charge in [0.1, 0.15) is 0 Å². The summed E-state index contributed by atoms with van der Waals surface area (Å²) < 4.78 is 67.6. The zero-order valence-corrected chi connectivity index (χ0v) is 64.6. The zero-order chi connectivity index (χ0) is 71.5. The van der Waals surface area contributed by atoms with Gasteiger partial charge in [0.25, 0.3) is 23.6 Å². The third-order valence-corrected chi connectivity index (χ3v) is 26.3. The van der Waals surface area contributed by atoms with Crippen molar-refractivity contribution in [2.45, 2.75) is 122 Å². The Balaban J connectivity index is 0.000000335. The minimum absolute atomic E-state index is 0.0432. The average molecular weight is 1400 g/mol. The molecule has 0 saturated carbocycles. The van der Waals surface area contributed by atoms with Gasteiger partial charge in [-0.3, -0.25) is 19.2 Å². The second-order valence-corrected chi connectivity index (χ2v) is 33.9. The summed E-state index contributed by atoms with van der Waals surface area (Å²) in [7, 11) is -1.46. The fourth-order valence-corrected chi connectivity index (χ4v) is 19.3. The lowest BCUT2D eigenvalue weighted by Gasteiger charge is -2.28. The molecule has 0 bridgehead atoms. The van der Waals surface area contributed by atoms with E-state index in [0.717, 1.165) is 73.4 Å². The van der Waals surface area contributed by atoms with E-state index in [1.54, 1.807) is 42.7 Å². The van der Waals surface area contributed by atoms with Gasteiger partial charge in [-0.1, -0.05) is 93.0 Å². The summed E-state index contributed by atoms with van der Waals surface area (Å²) in [6.07, 6.45) is 1.51. The molecule has 0 aliphatic heterocycles. The molecule has 0 atom stereocenters. The fraction of sp³-hybridized carbons (Fsp3) is 0.444. The average Bonchev–Trinajstić information content (AvgIpc) is 0.874. The third kappa shape index (κ3) is 27.1. The molecule has 6 rings (SSSR count). The first-order valence-corrected chi connectivity index (χ1v) is 40.0. The lowest BCUT2D eigenvalue weighted by atomic mass is 10.1. The molecule has 6 aromatic carbocycles. The molecule has 0 heterocycles. The van der Waals surface area contributed by atoms with Crippen LogP contribution >= 0.6 is 0 Å². The highest BCUT2D eigenvalue weighted by Gasteiger charge is 2.44. The van der Waals surface area contributed by atoms with E-state index < -0.39 is 35.2 Å². The first-order chi connectivity index (χ1) is 45.8. The van der Waals surface area contributed by atoms with Crippen LogP contribution in [-0.4, -0.2) is 154 Å². The molecule has 0 spiro atoms. The molecule has 0 unspecified atom stereocenters. The van der Waals surface area contributed by atoms with Gasteiger partial charge in [-0.25, -0.2) is 0 Å². The Kier molecular flexibility index (Phi) is 37.6. The number of aryl methyl sites for hydroxylation is 8. The van der Waals surface area contributed by atoms with Crippen LogP contribution in [0.3, 0.4) is 0 Å². The van der Waals surface area contributed by atoms with E-state index in [1.165, 1.54) is 0 Å². The number of benzene rings is 6. The topological polar surface area (TPSA) is 227 Å². The molecule has 0 aliphatic carbocycles. The van der Waals surface area contributed by atoms with Crippen LogP contribution in [0.4, 0.5) is 11.4 Å². The van der Waals surface area contributed by atoms with Crippen molar-refractivity contribution in [2.75, 3.05) is 106 Å². The van der Waals surface area contributed by atoms with Crippen molar-refractivity contribution in [3.8, 4) is 0 Å². The molecule has 4 N–H and O–H groups in total. The monoisotopic (exact) mass is 1400 g/mol. The second-order valence-electron chi connectivity index (χ2n) is 22.6. The summed E-state index contributed by atoms with van der Waals surface area (Å²) in [5.74, 6) is -0.361. The largest absolute Gasteiger partial charge is 0.537 e. The van der Waals surface area contributed by atoms with E-state index in [9.17, 15) is 19.2 Å². The molecule has 0 aliphatic rings. The second kappa shape index (κ2) is 43.1. The Morgan fingerprint density at radius 3 is 0.812 bits per heavy atom. The van der Waals surface area contributed by atoms with E-state index in [0.29, 0.717) is 92.8 Å². The van der Waals surface area contributed by atoms with Gasteiger partial charge >= 0.3 is 35.2 Å². The molecule has 528 valence electrons. The van der Waals surface area contributed by atoms with Crippen molar-refractivity contribution >= 4 is 80.6 Å². The molecular formula is C72H108N4O16Si4. The van der Waals surface area contributed by atoms with Crippen molar-refractivity contribution in [2.24, 2.45) is 0 Å². The molecule has 0 saturated heterocycles. The Morgan fingerprint density at radius 2 is 0.562 bits per heavy atom. The zero-order valence-electron chi connectivity index (χ0n) is 60.6. The van der Waals surface area contributed by atoms with Crippen LogP contribution < -0.4 is 31.6 Å². The molecule has 24 heteroatoms. The van der Waals surface area contributed by atoms with Crippen LogP contribution in [0, 0.1) is 55.4 Å². The van der Waals surface area contributed by atoms with Crippen molar-refractivity contribution in [3.63, 3.8) is 0 Å². The number of rotatable bonds is 34. The quantitative estimate of drug-likeness (QED) is 0.0218. The van der Waals surface area contributed by atoms with Crippen LogP contribution in [0.25, 0.3) is 0 Å². The van der Waals surface area contributed by atoms with Crippen molar-refractivity contribution in [1.29, 1.82) is 0 Å². The van der Waals surface area contributed by atoms with E-state index in [2.05, 4.69) is 27.3 Å². The number of anilines is 2. The minimum Gasteiger partial charge on any atom is -0.377 e. The fourth-order valence-electron chi connectivity index (χ4n) is 10.7. The van der Waals surface area contributed by atoms with Gasteiger partial charge in [0.05, 0.1) is 0 Å². The number of carbonyl (C=O) groups excluding carboxylic acids is 4. The predicted molar refractivity (Wildman–Crippen MR) is 390 cm³/mol. The first kappa shape index (κ1) is 83.8. The highest BCUT2D eigenvalue weighted by atomic mass is 28.4. The lowest BCUT2D eigenvalue weighted by molar-refractivity contribution is 0.0704. The molecule has 4 amide bonds. The summed E-state index contributed by atoms with van der Waals surface area (Å²) in [4.78, 5) is 49.3. The van der Waals surface area contributed by atoms with Gasteiger partial charge in [-0.2, -0.15) is 0 Å². The summed E-state index contributed by atoms with van der Waals surface area (Å²) in [5.41, 5.74) is 12.7. The van der Waals surface area contributed by atoms with Gasteiger partial charge in [0, 0.05) is 151 Å². The van der Waals surface area contributed by atoms with Gasteiger partial charge in [0.15, 0.2) is 0 Å². The van der Waals surface area contributed by atoms with Crippen molar-refractivity contribution in [3.05, 3.63) is 188 Å². The minimum atomic E-state index is -2.93. The van der Waals surface area contributed by atoms with Crippen LogP contribution in [-0.2, 0) is 53.1 Å². The van der Waals surface area contributed by atoms with E-state index in [1.807, 2.05) is 212 Å². The van der Waals surface area contributed by atoms with Crippen LogP contribution in [0.1, 0.15) is 140 Å². The molecule has 20 nitrogen and oxygen atoms in total. The van der Waals surface area contributed by atoms with Gasteiger partial charge in [-0.15, -0.1) is 0 Å². The van der Waals surface area contributed by atoms with E-state index >= 15 is 0 Å². The first-order valence-electron chi connectivity index (χ1n) is 32.7. The third-order valence-electron chi connectivity index (χ3n) is 14.7. The predicted octanol–water partition coefficient (Wildman–Crippen LogP) is 12.2. The summed E-state index contributed by atoms with van der Waals surface area (Å²) in [5, 5.41) is 13.4. The van der Waals surface area contributed by atoms with Gasteiger partial charge in [-0.05, 0) is 183 Å². The SMILES string of the molecule is CCO[Si](CCCNC(=O)c1cc(C)cc(C)c1)(OCC)OCC.CCO[Si](OCC)(OCC)c1ccc(NC(=O)c2cc(C)cc(C)c2)cc1.CO[Si](CCCNC(=O)c1cc(C)cc(C)c1)(OC)OC.CO[Si](OC)(OC)c1ccc(NC(=O)c2cc(C)cc(C)c2)cc1. The van der Waals surface area contributed by atoms with Crippen LogP contribution in [0.2, 0.25) is 12.1 Å². The van der Waals surface area contributed by atoms with Gasteiger partial charge in [0.2, 0.25) is 0 Å². The lowest BCUT2D eigenvalue weighted by Crippen LogP contribution is -2.56. The van der Waals surface area contributed by atoms with E-state index in [4.69, 9.17) is 53.1 Å². The summed E-state index contributed by atoms with van der Waals surface area (Å²) in [6, 6.07) is 39.5. The molecule has 96 heavy (non-hydrogen) atoms. The maximum Gasteiger partial charge on any atom is 0.537 e. The molecule has 0 aromatic heterocycles. The number of hydrogen-bond acceptors (Lipinski definition) is 16. The smallest absolute Gasteiger partial charge is 0.377 e. The Labute approximate surface area is 576 Å². The standard InChI is InChI=1S/C21H29NO4Si.C18H23NO4Si.C18H31NO4Si.C15H25NO4Si/c1-6-24-27(25-7-2,26-8-3)20-11-9-19(10-12-20)22-21(23)18-14-16(4)13-17(5)15-18;1-13-10-14(2)12-15(11-13)18(20)19-16-6-8-17(9-7-16)24(21-3,22-4)23-5;1-6-21-24(22-7-2,23-8-3)11-9-10-19-18(20)17-13-15(4)12-16(5)14-17;1-12-9-13(2)11-14(10-12)15(17)16-7-6-8-21(18-3,19-4)20-5/h9-15H,6-8H2,1-5H3,(H,22,23);6-12H,1-5H3,(H,19,20);12-14H,6-11H2,1-5H3,(H,19,20);9-11H,6-8H2,1-5H3,(H,16,17). The Morgan fingerprint density at radius 1 is 0.312 bits per heavy atom. The van der Waals surface area contributed by atoms with Crippen molar-refractivity contribution < 1.29 is 72.3 Å². The Bertz CT molecular complexity index is 3200. The number of nitrogens with one attached hydrogen (secondary N) is 4. The highest BCUT2D eigenvalue weighted by Crippen LogP contribution is 2.21. The Hall–Kier alpha value is -6.41. The van der Waals surface area contributed by atoms with Crippen LogP contribution in [0.15, 0.2) is 121 Å². The normalized spacial score (nSPS) is 11.5. The molecule has 6 aromatic rings. The van der Waals surface area contributed by atoms with Crippen LogP contribution in [0.5, 0.6) is 0 Å².